The monoisotopic (exact) mass is 297 g/mol. The van der Waals surface area contributed by atoms with Crippen LogP contribution in [0, 0.1) is 0 Å². The van der Waals surface area contributed by atoms with Crippen LogP contribution in [0.1, 0.15) is 37.2 Å². The Morgan fingerprint density at radius 3 is 3.05 bits per heavy atom. The number of carbonyl (C=O) groups excluding carboxylic acids is 1. The lowest BCUT2D eigenvalue weighted by molar-refractivity contribution is 0.0136. The van der Waals surface area contributed by atoms with Crippen molar-refractivity contribution in [2.45, 2.75) is 38.8 Å². The number of halogens is 1. The van der Waals surface area contributed by atoms with E-state index in [9.17, 15) is 4.79 Å². The second-order valence-electron chi connectivity index (χ2n) is 4.93. The van der Waals surface area contributed by atoms with E-state index in [1.165, 1.54) is 0 Å². The van der Waals surface area contributed by atoms with Gasteiger partial charge in [-0.15, -0.1) is 0 Å². The number of amides is 1. The average molecular weight is 298 g/mol. The molecule has 1 saturated heterocycles. The Kier molecular flexibility index (Phi) is 5.20. The molecule has 2 atom stereocenters. The Balaban J connectivity index is 2.06. The predicted octanol–water partition coefficient (Wildman–Crippen LogP) is 2.46. The van der Waals surface area contributed by atoms with Gasteiger partial charge in [-0.25, -0.2) is 4.98 Å². The molecule has 110 valence electrons. The Morgan fingerprint density at radius 2 is 2.35 bits per heavy atom. The first kappa shape index (κ1) is 15.1. The third-order valence-corrected chi connectivity index (χ3v) is 3.54. The van der Waals surface area contributed by atoms with Crippen molar-refractivity contribution in [3.05, 3.63) is 22.8 Å². The molecule has 1 fully saturated rings. The van der Waals surface area contributed by atoms with E-state index < -0.39 is 0 Å². The third kappa shape index (κ3) is 3.84. The number of carbonyl (C=O) groups is 1. The molecule has 2 heterocycles. The largest absolute Gasteiger partial charge is 0.378 e. The highest BCUT2D eigenvalue weighted by Crippen LogP contribution is 2.18. The minimum absolute atomic E-state index is 0.118. The van der Waals surface area contributed by atoms with Gasteiger partial charge in [-0.2, -0.15) is 0 Å². The van der Waals surface area contributed by atoms with Gasteiger partial charge in [0.2, 0.25) is 0 Å². The van der Waals surface area contributed by atoms with E-state index in [1.54, 1.807) is 12.1 Å². The van der Waals surface area contributed by atoms with Crippen LogP contribution >= 0.6 is 11.6 Å². The summed E-state index contributed by atoms with van der Waals surface area (Å²) in [5, 5.41) is 6.42. The van der Waals surface area contributed by atoms with E-state index in [2.05, 4.69) is 15.6 Å². The van der Waals surface area contributed by atoms with Crippen LogP contribution in [-0.2, 0) is 4.74 Å². The summed E-state index contributed by atoms with van der Waals surface area (Å²) in [7, 11) is 0. The maximum atomic E-state index is 12.3. The Morgan fingerprint density at radius 1 is 1.55 bits per heavy atom. The third-order valence-electron chi connectivity index (χ3n) is 3.24. The summed E-state index contributed by atoms with van der Waals surface area (Å²) >= 11 is 6.06. The topological polar surface area (TPSA) is 63.2 Å². The summed E-state index contributed by atoms with van der Waals surface area (Å²) in [6.45, 7) is 5.40. The Labute approximate surface area is 124 Å². The maximum absolute atomic E-state index is 12.3. The Hall–Kier alpha value is -1.33. The summed E-state index contributed by atoms with van der Waals surface area (Å²) < 4.78 is 5.47. The van der Waals surface area contributed by atoms with E-state index in [-0.39, 0.29) is 23.7 Å². The Bertz CT molecular complexity index is 481. The molecule has 1 amide bonds. The van der Waals surface area contributed by atoms with Gasteiger partial charge in [0.25, 0.3) is 5.91 Å². The molecule has 1 aromatic rings. The quantitative estimate of drug-likeness (QED) is 0.896. The lowest BCUT2D eigenvalue weighted by atomic mass is 10.0. The predicted molar refractivity (Wildman–Crippen MR) is 79.3 cm³/mol. The van der Waals surface area contributed by atoms with Gasteiger partial charge in [0.05, 0.1) is 11.1 Å². The fourth-order valence-corrected chi connectivity index (χ4v) is 2.45. The van der Waals surface area contributed by atoms with Crippen LogP contribution < -0.4 is 10.6 Å². The number of ether oxygens (including phenoxy) is 1. The smallest absolute Gasteiger partial charge is 0.271 e. The second-order valence-corrected chi connectivity index (χ2v) is 5.34. The molecular formula is C14H20ClN3O2. The van der Waals surface area contributed by atoms with Gasteiger partial charge in [0, 0.05) is 19.2 Å². The lowest BCUT2D eigenvalue weighted by Crippen LogP contribution is -2.41. The molecule has 20 heavy (non-hydrogen) atoms. The van der Waals surface area contributed by atoms with Crippen molar-refractivity contribution in [1.29, 1.82) is 0 Å². The van der Waals surface area contributed by atoms with E-state index in [4.69, 9.17) is 16.3 Å². The van der Waals surface area contributed by atoms with Crippen molar-refractivity contribution in [2.24, 2.45) is 0 Å². The molecule has 0 aromatic carbocycles. The first-order valence-electron chi connectivity index (χ1n) is 6.93. The number of pyridine rings is 1. The zero-order chi connectivity index (χ0) is 14.5. The number of nitrogens with zero attached hydrogens (tertiary/aromatic N) is 1. The summed E-state index contributed by atoms with van der Waals surface area (Å²) in [6, 6.07) is 3.57. The van der Waals surface area contributed by atoms with E-state index in [0.717, 1.165) is 19.4 Å². The number of hydrogen-bond acceptors (Lipinski definition) is 4. The van der Waals surface area contributed by atoms with Gasteiger partial charge in [-0.05, 0) is 38.8 Å². The lowest BCUT2D eigenvalue weighted by Gasteiger charge is -2.27. The number of aromatic nitrogens is 1. The van der Waals surface area contributed by atoms with Crippen LogP contribution in [0.5, 0.6) is 0 Å². The molecule has 6 heteroatoms. The van der Waals surface area contributed by atoms with E-state index >= 15 is 0 Å². The van der Waals surface area contributed by atoms with Crippen molar-refractivity contribution < 1.29 is 9.53 Å². The van der Waals surface area contributed by atoms with Crippen LogP contribution in [0.2, 0.25) is 5.02 Å². The molecule has 2 rings (SSSR count). The van der Waals surface area contributed by atoms with E-state index in [1.807, 2.05) is 13.8 Å². The zero-order valence-corrected chi connectivity index (χ0v) is 12.5. The SMILES string of the molecule is CCNc1ccc(Cl)c(C(=O)NC2CCOC(C)C2)n1. The average Bonchev–Trinajstić information content (AvgIpc) is 2.41. The van der Waals surface area contributed by atoms with Crippen molar-refractivity contribution in [3.8, 4) is 0 Å². The van der Waals surface area contributed by atoms with Gasteiger partial charge in [0.1, 0.15) is 11.5 Å². The maximum Gasteiger partial charge on any atom is 0.271 e. The molecule has 0 bridgehead atoms. The molecule has 2 N–H and O–H groups in total. The summed E-state index contributed by atoms with van der Waals surface area (Å²) in [5.74, 6) is 0.427. The van der Waals surface area contributed by atoms with Crippen LogP contribution in [0.3, 0.4) is 0 Å². The minimum Gasteiger partial charge on any atom is -0.378 e. The van der Waals surface area contributed by atoms with Crippen LogP contribution in [0.25, 0.3) is 0 Å². The molecule has 0 saturated carbocycles. The molecule has 0 radical (unpaired) electrons. The number of hydrogen-bond donors (Lipinski definition) is 2. The molecule has 1 aliphatic heterocycles. The van der Waals surface area contributed by atoms with Crippen LogP contribution in [0.15, 0.2) is 12.1 Å². The van der Waals surface area contributed by atoms with Gasteiger partial charge in [-0.3, -0.25) is 4.79 Å². The van der Waals surface area contributed by atoms with E-state index in [0.29, 0.717) is 17.4 Å². The molecule has 1 aliphatic rings. The summed E-state index contributed by atoms with van der Waals surface area (Å²) in [4.78, 5) is 16.5. The number of nitrogens with one attached hydrogen (secondary N) is 2. The normalized spacial score (nSPS) is 22.4. The van der Waals surface area contributed by atoms with Crippen molar-refractivity contribution in [1.82, 2.24) is 10.3 Å². The first-order chi connectivity index (χ1) is 9.60. The number of anilines is 1. The van der Waals surface area contributed by atoms with Crippen molar-refractivity contribution in [3.63, 3.8) is 0 Å². The highest BCUT2D eigenvalue weighted by molar-refractivity contribution is 6.33. The van der Waals surface area contributed by atoms with Crippen molar-refractivity contribution in [2.75, 3.05) is 18.5 Å². The fraction of sp³-hybridized carbons (Fsp3) is 0.571. The standard InChI is InChI=1S/C14H20ClN3O2/c1-3-16-12-5-4-11(15)13(18-12)14(19)17-10-6-7-20-9(2)8-10/h4-5,9-10H,3,6-8H2,1-2H3,(H,16,18)(H,17,19). The van der Waals surface area contributed by atoms with Crippen LogP contribution in [0.4, 0.5) is 5.82 Å². The molecule has 1 aromatic heterocycles. The molecule has 2 unspecified atom stereocenters. The van der Waals surface area contributed by atoms with Crippen molar-refractivity contribution >= 4 is 23.3 Å². The van der Waals surface area contributed by atoms with Gasteiger partial charge in [-0.1, -0.05) is 11.6 Å². The van der Waals surface area contributed by atoms with Gasteiger partial charge in [0.15, 0.2) is 0 Å². The van der Waals surface area contributed by atoms with Crippen LogP contribution in [-0.4, -0.2) is 36.2 Å². The second kappa shape index (κ2) is 6.90. The zero-order valence-electron chi connectivity index (χ0n) is 11.8. The summed E-state index contributed by atoms with van der Waals surface area (Å²) in [5.41, 5.74) is 0.268. The first-order valence-corrected chi connectivity index (χ1v) is 7.30. The van der Waals surface area contributed by atoms with Gasteiger partial charge < -0.3 is 15.4 Å². The molecule has 0 spiro atoms. The highest BCUT2D eigenvalue weighted by atomic mass is 35.5. The van der Waals surface area contributed by atoms with Gasteiger partial charge >= 0.3 is 0 Å². The fourth-order valence-electron chi connectivity index (χ4n) is 2.26. The number of rotatable bonds is 4. The molecular weight excluding hydrogens is 278 g/mol. The highest BCUT2D eigenvalue weighted by Gasteiger charge is 2.23. The molecule has 0 aliphatic carbocycles. The molecule has 5 nitrogen and oxygen atoms in total. The summed E-state index contributed by atoms with van der Waals surface area (Å²) in [6.07, 6.45) is 1.81. The minimum atomic E-state index is -0.228.